The quantitative estimate of drug-likeness (QED) is 0.886. The second kappa shape index (κ2) is 5.94. The summed E-state index contributed by atoms with van der Waals surface area (Å²) >= 11 is 0. The van der Waals surface area contributed by atoms with Gasteiger partial charge in [0, 0.05) is 18.8 Å². The average molecular weight is 275 g/mol. The van der Waals surface area contributed by atoms with E-state index >= 15 is 0 Å². The van der Waals surface area contributed by atoms with Crippen LogP contribution >= 0.6 is 0 Å². The van der Waals surface area contributed by atoms with Gasteiger partial charge in [0.25, 0.3) is 0 Å². The topological polar surface area (TPSA) is 49.6 Å². The maximum atomic E-state index is 12.4. The van der Waals surface area contributed by atoms with Crippen molar-refractivity contribution < 1.29 is 4.79 Å². The van der Waals surface area contributed by atoms with Crippen LogP contribution in [0.1, 0.15) is 19.4 Å². The molecule has 1 heterocycles. The summed E-state index contributed by atoms with van der Waals surface area (Å²) in [6, 6.07) is 8.16. The van der Waals surface area contributed by atoms with Gasteiger partial charge in [-0.2, -0.15) is 0 Å². The van der Waals surface area contributed by atoms with Crippen molar-refractivity contribution in [2.24, 2.45) is 11.1 Å². The fourth-order valence-electron chi connectivity index (χ4n) is 2.76. The zero-order valence-corrected chi connectivity index (χ0v) is 12.7. The number of hydrogen-bond donors (Lipinski definition) is 1. The number of hydrogen-bond acceptors (Lipinski definition) is 3. The molecule has 20 heavy (non-hydrogen) atoms. The Morgan fingerprint density at radius 2 is 2.10 bits per heavy atom. The Kier molecular flexibility index (Phi) is 4.45. The summed E-state index contributed by atoms with van der Waals surface area (Å²) in [4.78, 5) is 16.4. The minimum atomic E-state index is 0.0396. The molecule has 2 rings (SSSR count). The standard InChI is InChI=1S/C16H25N3O/c1-16(2,11-17)12-18(3)10-15(20)19-9-8-13-6-4-5-7-14(13)19/h4-7H,8-12,17H2,1-3H3. The normalized spacial score (nSPS) is 14.8. The molecule has 0 aromatic heterocycles. The molecule has 0 atom stereocenters. The lowest BCUT2D eigenvalue weighted by atomic mass is 9.93. The number of rotatable bonds is 5. The molecule has 0 fully saturated rings. The number of para-hydroxylation sites is 1. The molecule has 4 nitrogen and oxygen atoms in total. The van der Waals surface area contributed by atoms with Crippen LogP contribution in [0, 0.1) is 5.41 Å². The molecular formula is C16H25N3O. The fraction of sp³-hybridized carbons (Fsp3) is 0.562. The van der Waals surface area contributed by atoms with Crippen LogP contribution in [0.15, 0.2) is 24.3 Å². The number of benzene rings is 1. The van der Waals surface area contributed by atoms with Gasteiger partial charge in [-0.1, -0.05) is 32.0 Å². The zero-order chi connectivity index (χ0) is 14.8. The summed E-state index contributed by atoms with van der Waals surface area (Å²) in [5.41, 5.74) is 8.13. The van der Waals surface area contributed by atoms with E-state index in [4.69, 9.17) is 5.73 Å². The lowest BCUT2D eigenvalue weighted by molar-refractivity contribution is -0.119. The molecule has 1 aromatic rings. The number of nitrogens with two attached hydrogens (primary N) is 1. The van der Waals surface area contributed by atoms with Crippen LogP contribution in [0.5, 0.6) is 0 Å². The van der Waals surface area contributed by atoms with E-state index in [1.54, 1.807) is 0 Å². The van der Waals surface area contributed by atoms with E-state index in [1.807, 2.05) is 30.1 Å². The molecule has 0 bridgehead atoms. The molecule has 0 saturated heterocycles. The Labute approximate surface area is 121 Å². The monoisotopic (exact) mass is 275 g/mol. The third kappa shape index (κ3) is 3.38. The van der Waals surface area contributed by atoms with Gasteiger partial charge in [-0.25, -0.2) is 0 Å². The molecule has 110 valence electrons. The van der Waals surface area contributed by atoms with E-state index in [9.17, 15) is 4.79 Å². The van der Waals surface area contributed by atoms with Gasteiger partial charge in [0.2, 0.25) is 5.91 Å². The Hall–Kier alpha value is -1.39. The van der Waals surface area contributed by atoms with Gasteiger partial charge in [-0.3, -0.25) is 9.69 Å². The van der Waals surface area contributed by atoms with Gasteiger partial charge in [0.1, 0.15) is 0 Å². The highest BCUT2D eigenvalue weighted by Gasteiger charge is 2.26. The number of fused-ring (bicyclic) bond motifs is 1. The minimum absolute atomic E-state index is 0.0396. The van der Waals surface area contributed by atoms with Crippen LogP contribution in [0.2, 0.25) is 0 Å². The molecule has 4 heteroatoms. The number of carbonyl (C=O) groups excluding carboxylic acids is 1. The van der Waals surface area contributed by atoms with Gasteiger partial charge in [0.15, 0.2) is 0 Å². The number of amides is 1. The fourth-order valence-corrected chi connectivity index (χ4v) is 2.76. The first-order chi connectivity index (χ1) is 9.43. The summed E-state index contributed by atoms with van der Waals surface area (Å²) in [6.07, 6.45) is 0.958. The number of anilines is 1. The highest BCUT2D eigenvalue weighted by molar-refractivity contribution is 5.96. The van der Waals surface area contributed by atoms with Crippen molar-refractivity contribution in [2.75, 3.05) is 38.1 Å². The second-order valence-electron chi connectivity index (χ2n) is 6.46. The second-order valence-corrected chi connectivity index (χ2v) is 6.46. The predicted octanol–water partition coefficient (Wildman–Crippen LogP) is 1.49. The third-order valence-corrected chi connectivity index (χ3v) is 3.84. The molecule has 1 amide bonds. The molecule has 0 aliphatic carbocycles. The van der Waals surface area contributed by atoms with Gasteiger partial charge < -0.3 is 10.6 Å². The predicted molar refractivity (Wildman–Crippen MR) is 82.8 cm³/mol. The first-order valence-electron chi connectivity index (χ1n) is 7.20. The molecule has 1 aliphatic heterocycles. The van der Waals surface area contributed by atoms with Crippen molar-refractivity contribution in [1.82, 2.24) is 4.90 Å². The van der Waals surface area contributed by atoms with E-state index in [2.05, 4.69) is 24.8 Å². The number of carbonyl (C=O) groups is 1. The first kappa shape index (κ1) is 15.0. The molecule has 0 saturated carbocycles. The van der Waals surface area contributed by atoms with Gasteiger partial charge >= 0.3 is 0 Å². The summed E-state index contributed by atoms with van der Waals surface area (Å²) in [7, 11) is 1.98. The van der Waals surface area contributed by atoms with E-state index in [-0.39, 0.29) is 11.3 Å². The summed E-state index contributed by atoms with van der Waals surface area (Å²) < 4.78 is 0. The van der Waals surface area contributed by atoms with Crippen LogP contribution in [0.25, 0.3) is 0 Å². The molecular weight excluding hydrogens is 250 g/mol. The molecule has 0 spiro atoms. The largest absolute Gasteiger partial charge is 0.330 e. The Balaban J connectivity index is 1.97. The van der Waals surface area contributed by atoms with Crippen molar-refractivity contribution in [2.45, 2.75) is 20.3 Å². The Bertz CT molecular complexity index is 484. The minimum Gasteiger partial charge on any atom is -0.330 e. The maximum Gasteiger partial charge on any atom is 0.241 e. The molecule has 0 unspecified atom stereocenters. The van der Waals surface area contributed by atoms with Crippen molar-refractivity contribution >= 4 is 11.6 Å². The zero-order valence-electron chi connectivity index (χ0n) is 12.7. The van der Waals surface area contributed by atoms with E-state index in [0.29, 0.717) is 13.1 Å². The van der Waals surface area contributed by atoms with Crippen molar-refractivity contribution in [3.05, 3.63) is 29.8 Å². The van der Waals surface area contributed by atoms with Gasteiger partial charge in [-0.15, -0.1) is 0 Å². The van der Waals surface area contributed by atoms with E-state index < -0.39 is 0 Å². The summed E-state index contributed by atoms with van der Waals surface area (Å²) in [6.45, 7) is 6.94. The van der Waals surface area contributed by atoms with Gasteiger partial charge in [-0.05, 0) is 37.1 Å². The number of likely N-dealkylation sites (N-methyl/N-ethyl adjacent to an activating group) is 1. The van der Waals surface area contributed by atoms with Crippen LogP contribution in [-0.4, -0.2) is 44.0 Å². The van der Waals surface area contributed by atoms with Crippen molar-refractivity contribution in [1.29, 1.82) is 0 Å². The van der Waals surface area contributed by atoms with Crippen LogP contribution < -0.4 is 10.6 Å². The maximum absolute atomic E-state index is 12.4. The molecule has 1 aliphatic rings. The van der Waals surface area contributed by atoms with E-state index in [0.717, 1.165) is 25.2 Å². The highest BCUT2D eigenvalue weighted by atomic mass is 16.2. The van der Waals surface area contributed by atoms with Crippen molar-refractivity contribution in [3.63, 3.8) is 0 Å². The Morgan fingerprint density at radius 3 is 2.80 bits per heavy atom. The van der Waals surface area contributed by atoms with E-state index in [1.165, 1.54) is 5.56 Å². The third-order valence-electron chi connectivity index (χ3n) is 3.84. The smallest absolute Gasteiger partial charge is 0.241 e. The lowest BCUT2D eigenvalue weighted by Gasteiger charge is -2.29. The summed E-state index contributed by atoms with van der Waals surface area (Å²) in [5.74, 6) is 0.172. The van der Waals surface area contributed by atoms with Crippen molar-refractivity contribution in [3.8, 4) is 0 Å². The highest BCUT2D eigenvalue weighted by Crippen LogP contribution is 2.27. The molecule has 1 aromatic carbocycles. The van der Waals surface area contributed by atoms with Crippen LogP contribution in [0.3, 0.4) is 0 Å². The Morgan fingerprint density at radius 1 is 1.40 bits per heavy atom. The number of nitrogens with zero attached hydrogens (tertiary/aromatic N) is 2. The lowest BCUT2D eigenvalue weighted by Crippen LogP contribution is -2.43. The first-order valence-corrected chi connectivity index (χ1v) is 7.20. The molecule has 0 radical (unpaired) electrons. The average Bonchev–Trinajstić information content (AvgIpc) is 2.81. The SMILES string of the molecule is CN(CC(=O)N1CCc2ccccc21)CC(C)(C)CN. The summed E-state index contributed by atoms with van der Waals surface area (Å²) in [5, 5.41) is 0. The molecule has 2 N–H and O–H groups in total. The van der Waals surface area contributed by atoms with Gasteiger partial charge in [0.05, 0.1) is 6.54 Å². The van der Waals surface area contributed by atoms with Crippen LogP contribution in [0.4, 0.5) is 5.69 Å². The van der Waals surface area contributed by atoms with Crippen LogP contribution in [-0.2, 0) is 11.2 Å².